The van der Waals surface area contributed by atoms with Crippen molar-refractivity contribution < 1.29 is 5.11 Å². The van der Waals surface area contributed by atoms with Crippen molar-refractivity contribution in [2.45, 2.75) is 26.8 Å². The van der Waals surface area contributed by atoms with Crippen molar-refractivity contribution >= 4 is 27.7 Å². The van der Waals surface area contributed by atoms with E-state index in [4.69, 9.17) is 5.11 Å². The molecule has 0 bridgehead atoms. The second-order valence-electron chi connectivity index (χ2n) is 5.40. The van der Waals surface area contributed by atoms with Gasteiger partial charge in [-0.15, -0.1) is 0 Å². The van der Waals surface area contributed by atoms with Gasteiger partial charge in [-0.3, -0.25) is 0 Å². The molecule has 0 radical (unpaired) electrons. The molecular weight excluding hydrogens is 374 g/mol. The highest BCUT2D eigenvalue weighted by Crippen LogP contribution is 2.19. The monoisotopic (exact) mass is 397 g/mol. The van der Waals surface area contributed by atoms with Gasteiger partial charge >= 0.3 is 0 Å². The van der Waals surface area contributed by atoms with Gasteiger partial charge in [0.15, 0.2) is 0 Å². The summed E-state index contributed by atoms with van der Waals surface area (Å²) in [5.74, 6) is 2.09. The first-order valence-corrected chi connectivity index (χ1v) is 9.78. The van der Waals surface area contributed by atoms with E-state index in [1.54, 1.807) is 0 Å². The summed E-state index contributed by atoms with van der Waals surface area (Å²) < 4.78 is 3.08. The van der Waals surface area contributed by atoms with Crippen LogP contribution in [0.25, 0.3) is 5.69 Å². The quantitative estimate of drug-likeness (QED) is 0.636. The molecule has 2 N–H and O–H groups in total. The lowest BCUT2D eigenvalue weighted by Crippen LogP contribution is -2.17. The van der Waals surface area contributed by atoms with Crippen molar-refractivity contribution in [2.24, 2.45) is 0 Å². The fourth-order valence-corrected chi connectivity index (χ4v) is 3.48. The Hall–Kier alpha value is -0.820. The lowest BCUT2D eigenvalue weighted by atomic mass is 10.2. The molecule has 0 atom stereocenters. The molecule has 2 aromatic rings. The molecule has 0 aliphatic carbocycles. The molecule has 0 saturated heterocycles. The number of aliphatic hydroxyl groups excluding tert-OH is 1. The van der Waals surface area contributed by atoms with Crippen molar-refractivity contribution in [1.29, 1.82) is 0 Å². The third-order valence-electron chi connectivity index (χ3n) is 3.68. The SMILES string of the molecule is Cc1nn(-c2ccc(Br)cc2)c(C)c1CNCCSCCCO. The highest BCUT2D eigenvalue weighted by atomic mass is 79.9. The van der Waals surface area contributed by atoms with Crippen LogP contribution in [-0.2, 0) is 6.54 Å². The molecule has 0 aliphatic heterocycles. The molecule has 1 aromatic heterocycles. The van der Waals surface area contributed by atoms with Crippen LogP contribution in [0.15, 0.2) is 28.7 Å². The number of halogens is 1. The highest BCUT2D eigenvalue weighted by molar-refractivity contribution is 9.10. The average molecular weight is 398 g/mol. The number of rotatable bonds is 9. The third kappa shape index (κ3) is 5.35. The van der Waals surface area contributed by atoms with Gasteiger partial charge in [0.1, 0.15) is 0 Å². The Morgan fingerprint density at radius 2 is 1.96 bits per heavy atom. The minimum absolute atomic E-state index is 0.286. The molecule has 23 heavy (non-hydrogen) atoms. The van der Waals surface area contributed by atoms with Crippen LogP contribution >= 0.6 is 27.7 Å². The summed E-state index contributed by atoms with van der Waals surface area (Å²) in [5, 5.41) is 16.9. The van der Waals surface area contributed by atoms with Gasteiger partial charge in [-0.25, -0.2) is 4.68 Å². The number of aromatic nitrogens is 2. The molecule has 0 fully saturated rings. The average Bonchev–Trinajstić information content (AvgIpc) is 2.82. The Kier molecular flexibility index (Phi) is 7.62. The number of nitrogens with zero attached hydrogens (tertiary/aromatic N) is 2. The second-order valence-corrected chi connectivity index (χ2v) is 7.54. The van der Waals surface area contributed by atoms with Gasteiger partial charge in [0, 0.05) is 41.2 Å². The number of hydrogen-bond donors (Lipinski definition) is 2. The van der Waals surface area contributed by atoms with Gasteiger partial charge in [0.05, 0.1) is 11.4 Å². The molecule has 1 aromatic carbocycles. The molecule has 2 rings (SSSR count). The van der Waals surface area contributed by atoms with Crippen LogP contribution in [0.2, 0.25) is 0 Å². The summed E-state index contributed by atoms with van der Waals surface area (Å²) in [6.07, 6.45) is 0.878. The molecule has 0 amide bonds. The summed E-state index contributed by atoms with van der Waals surface area (Å²) in [5.41, 5.74) is 4.61. The first-order valence-electron chi connectivity index (χ1n) is 7.84. The van der Waals surface area contributed by atoms with E-state index in [1.165, 1.54) is 11.3 Å². The van der Waals surface area contributed by atoms with E-state index in [0.717, 1.165) is 46.9 Å². The predicted octanol–water partition coefficient (Wildman–Crippen LogP) is 3.46. The fourth-order valence-electron chi connectivity index (χ4n) is 2.39. The van der Waals surface area contributed by atoms with Gasteiger partial charge in [-0.05, 0) is 50.3 Å². The summed E-state index contributed by atoms with van der Waals surface area (Å²) in [4.78, 5) is 0. The van der Waals surface area contributed by atoms with Crippen LogP contribution in [0.5, 0.6) is 0 Å². The normalized spacial score (nSPS) is 11.1. The minimum Gasteiger partial charge on any atom is -0.396 e. The van der Waals surface area contributed by atoms with Crippen LogP contribution in [0.3, 0.4) is 0 Å². The van der Waals surface area contributed by atoms with Crippen molar-refractivity contribution in [3.8, 4) is 5.69 Å². The molecule has 1 heterocycles. The fraction of sp³-hybridized carbons (Fsp3) is 0.471. The van der Waals surface area contributed by atoms with Gasteiger partial charge in [-0.1, -0.05) is 15.9 Å². The Balaban J connectivity index is 1.92. The standard InChI is InChI=1S/C17H24BrN3OS/c1-13-17(12-19-8-11-23-10-3-9-22)14(2)21(20-13)16-6-4-15(18)5-7-16/h4-7,19,22H,3,8-12H2,1-2H3. The molecule has 0 spiro atoms. The Labute approximate surface area is 150 Å². The smallest absolute Gasteiger partial charge is 0.0649 e. The van der Waals surface area contributed by atoms with E-state index in [9.17, 15) is 0 Å². The van der Waals surface area contributed by atoms with Gasteiger partial charge in [0.25, 0.3) is 0 Å². The molecule has 0 aliphatic rings. The maximum absolute atomic E-state index is 8.75. The van der Waals surface area contributed by atoms with Crippen LogP contribution in [-0.4, -0.2) is 39.5 Å². The highest BCUT2D eigenvalue weighted by Gasteiger charge is 2.12. The van der Waals surface area contributed by atoms with E-state index in [0.29, 0.717) is 0 Å². The Morgan fingerprint density at radius 1 is 1.22 bits per heavy atom. The van der Waals surface area contributed by atoms with E-state index < -0.39 is 0 Å². The summed E-state index contributed by atoms with van der Waals surface area (Å²) >= 11 is 5.34. The topological polar surface area (TPSA) is 50.1 Å². The number of thioether (sulfide) groups is 1. The molecular formula is C17H24BrN3OS. The van der Waals surface area contributed by atoms with Crippen LogP contribution < -0.4 is 5.32 Å². The number of nitrogens with one attached hydrogen (secondary N) is 1. The zero-order chi connectivity index (χ0) is 16.7. The molecule has 126 valence electrons. The summed E-state index contributed by atoms with van der Waals surface area (Å²) in [7, 11) is 0. The predicted molar refractivity (Wildman–Crippen MR) is 101 cm³/mol. The largest absolute Gasteiger partial charge is 0.396 e. The maximum Gasteiger partial charge on any atom is 0.0649 e. The first-order chi connectivity index (χ1) is 11.1. The molecule has 4 nitrogen and oxygen atoms in total. The molecule has 6 heteroatoms. The van der Waals surface area contributed by atoms with E-state index in [1.807, 2.05) is 28.6 Å². The Morgan fingerprint density at radius 3 is 2.65 bits per heavy atom. The van der Waals surface area contributed by atoms with Crippen LogP contribution in [0.1, 0.15) is 23.4 Å². The van der Waals surface area contributed by atoms with Crippen molar-refractivity contribution in [3.05, 3.63) is 45.7 Å². The maximum atomic E-state index is 8.75. The summed E-state index contributed by atoms with van der Waals surface area (Å²) in [6.45, 7) is 6.28. The summed E-state index contributed by atoms with van der Waals surface area (Å²) in [6, 6.07) is 8.21. The number of aliphatic hydroxyl groups is 1. The second kappa shape index (κ2) is 9.47. The Bertz CT molecular complexity index is 613. The molecule has 0 unspecified atom stereocenters. The van der Waals surface area contributed by atoms with Crippen molar-refractivity contribution in [1.82, 2.24) is 15.1 Å². The number of aryl methyl sites for hydroxylation is 1. The van der Waals surface area contributed by atoms with Gasteiger partial charge in [0.2, 0.25) is 0 Å². The van der Waals surface area contributed by atoms with Crippen molar-refractivity contribution in [2.75, 3.05) is 24.7 Å². The van der Waals surface area contributed by atoms with Crippen LogP contribution in [0.4, 0.5) is 0 Å². The molecule has 0 saturated carbocycles. The lowest BCUT2D eigenvalue weighted by Gasteiger charge is -2.07. The zero-order valence-electron chi connectivity index (χ0n) is 13.7. The van der Waals surface area contributed by atoms with E-state index in [2.05, 4.69) is 52.3 Å². The van der Waals surface area contributed by atoms with Gasteiger partial charge < -0.3 is 10.4 Å². The number of benzene rings is 1. The van der Waals surface area contributed by atoms with Crippen molar-refractivity contribution in [3.63, 3.8) is 0 Å². The first kappa shape index (κ1) is 18.5. The number of hydrogen-bond acceptors (Lipinski definition) is 4. The zero-order valence-corrected chi connectivity index (χ0v) is 16.1. The van der Waals surface area contributed by atoms with Crippen LogP contribution in [0, 0.1) is 13.8 Å². The van der Waals surface area contributed by atoms with Gasteiger partial charge in [-0.2, -0.15) is 16.9 Å². The minimum atomic E-state index is 0.286. The van der Waals surface area contributed by atoms with E-state index in [-0.39, 0.29) is 6.61 Å². The lowest BCUT2D eigenvalue weighted by molar-refractivity contribution is 0.296. The third-order valence-corrected chi connectivity index (χ3v) is 5.28. The van der Waals surface area contributed by atoms with E-state index >= 15 is 0 Å².